The van der Waals surface area contributed by atoms with E-state index < -0.39 is 20.0 Å². The molecular formula is C25H35N3O4S2. The zero-order valence-corrected chi connectivity index (χ0v) is 21.9. The van der Waals surface area contributed by atoms with Gasteiger partial charge in [0.15, 0.2) is 0 Å². The van der Waals surface area contributed by atoms with Gasteiger partial charge in [-0.3, -0.25) is 0 Å². The van der Waals surface area contributed by atoms with Crippen LogP contribution in [0.4, 0.5) is 5.69 Å². The molecule has 0 amide bonds. The Labute approximate surface area is 204 Å². The molecule has 2 heterocycles. The molecule has 0 bridgehead atoms. The minimum Gasteiger partial charge on any atom is -0.369 e. The van der Waals surface area contributed by atoms with Crippen molar-refractivity contribution >= 4 is 25.7 Å². The van der Waals surface area contributed by atoms with Crippen LogP contribution in [0.15, 0.2) is 52.3 Å². The number of piperazine rings is 1. The summed E-state index contributed by atoms with van der Waals surface area (Å²) in [6, 6.07) is 12.0. The van der Waals surface area contributed by atoms with E-state index in [-0.39, 0.29) is 15.8 Å². The number of hydrogen-bond donors (Lipinski definition) is 0. The molecule has 2 aliphatic heterocycles. The van der Waals surface area contributed by atoms with Crippen molar-refractivity contribution < 1.29 is 16.8 Å². The second-order valence-corrected chi connectivity index (χ2v) is 13.1. The van der Waals surface area contributed by atoms with Crippen molar-refractivity contribution in [2.45, 2.75) is 62.3 Å². The summed E-state index contributed by atoms with van der Waals surface area (Å²) in [6.45, 7) is 8.71. The molecule has 0 spiro atoms. The molecule has 2 aliphatic rings. The van der Waals surface area contributed by atoms with Crippen LogP contribution in [0, 0.1) is 13.8 Å². The molecule has 34 heavy (non-hydrogen) atoms. The zero-order valence-electron chi connectivity index (χ0n) is 20.3. The molecule has 0 N–H and O–H groups in total. The van der Waals surface area contributed by atoms with E-state index in [1.807, 2.05) is 13.0 Å². The van der Waals surface area contributed by atoms with Crippen molar-refractivity contribution in [1.29, 1.82) is 0 Å². The minimum absolute atomic E-state index is 0.00972. The molecule has 7 nitrogen and oxygen atoms in total. The maximum Gasteiger partial charge on any atom is 0.243 e. The highest BCUT2D eigenvalue weighted by Gasteiger charge is 2.33. The topological polar surface area (TPSA) is 78.0 Å². The van der Waals surface area contributed by atoms with Crippen molar-refractivity contribution in [3.8, 4) is 0 Å². The van der Waals surface area contributed by atoms with Crippen LogP contribution in [0.5, 0.6) is 0 Å². The summed E-state index contributed by atoms with van der Waals surface area (Å²) in [6.07, 6.45) is 3.55. The van der Waals surface area contributed by atoms with Crippen molar-refractivity contribution in [3.05, 3.63) is 53.6 Å². The van der Waals surface area contributed by atoms with Gasteiger partial charge in [-0.1, -0.05) is 25.5 Å². The van der Waals surface area contributed by atoms with Crippen LogP contribution in [0.2, 0.25) is 0 Å². The zero-order chi connectivity index (χ0) is 24.5. The van der Waals surface area contributed by atoms with Gasteiger partial charge < -0.3 is 4.90 Å². The van der Waals surface area contributed by atoms with Crippen molar-refractivity contribution in [2.24, 2.45) is 0 Å². The third-order valence-corrected chi connectivity index (χ3v) is 11.1. The molecule has 2 saturated heterocycles. The van der Waals surface area contributed by atoms with Gasteiger partial charge in [0.05, 0.1) is 9.79 Å². The SMILES string of the molecule is CCC1CCCCN1S(=O)(=O)c1ccc(S(=O)(=O)N2CCN(c3cccc(C)c3C)CC2)cc1. The number of aryl methyl sites for hydroxylation is 1. The molecule has 2 aromatic rings. The highest BCUT2D eigenvalue weighted by Crippen LogP contribution is 2.29. The minimum atomic E-state index is -3.69. The number of nitrogens with zero attached hydrogens (tertiary/aromatic N) is 3. The lowest BCUT2D eigenvalue weighted by molar-refractivity contribution is 0.246. The Balaban J connectivity index is 1.48. The van der Waals surface area contributed by atoms with E-state index in [1.54, 1.807) is 4.31 Å². The summed E-state index contributed by atoms with van der Waals surface area (Å²) >= 11 is 0. The largest absolute Gasteiger partial charge is 0.369 e. The fourth-order valence-electron chi connectivity index (χ4n) is 5.01. The monoisotopic (exact) mass is 505 g/mol. The Morgan fingerprint density at radius 2 is 1.41 bits per heavy atom. The lowest BCUT2D eigenvalue weighted by Gasteiger charge is -2.36. The van der Waals surface area contributed by atoms with Crippen LogP contribution in [-0.2, 0) is 20.0 Å². The number of hydrogen-bond acceptors (Lipinski definition) is 5. The molecule has 0 aromatic heterocycles. The van der Waals surface area contributed by atoms with Crippen LogP contribution < -0.4 is 4.90 Å². The van der Waals surface area contributed by atoms with Gasteiger partial charge in [0.1, 0.15) is 0 Å². The molecule has 2 aromatic carbocycles. The van der Waals surface area contributed by atoms with E-state index in [9.17, 15) is 16.8 Å². The summed E-state index contributed by atoms with van der Waals surface area (Å²) in [5.74, 6) is 0. The second kappa shape index (κ2) is 9.97. The maximum absolute atomic E-state index is 13.3. The third kappa shape index (κ3) is 4.76. The maximum atomic E-state index is 13.3. The van der Waals surface area contributed by atoms with Gasteiger partial charge in [0.25, 0.3) is 0 Å². The normalized spacial score (nSPS) is 21.0. The quantitative estimate of drug-likeness (QED) is 0.597. The van der Waals surface area contributed by atoms with Gasteiger partial charge in [-0.25, -0.2) is 16.8 Å². The molecule has 1 unspecified atom stereocenters. The first-order valence-corrected chi connectivity index (χ1v) is 15.0. The third-order valence-electron chi connectivity index (χ3n) is 7.27. The van der Waals surface area contributed by atoms with Crippen LogP contribution in [0.25, 0.3) is 0 Å². The molecule has 0 radical (unpaired) electrons. The molecular weight excluding hydrogens is 470 g/mol. The summed E-state index contributed by atoms with van der Waals surface area (Å²) in [5.41, 5.74) is 3.58. The van der Waals surface area contributed by atoms with E-state index >= 15 is 0 Å². The molecule has 4 rings (SSSR count). The molecule has 0 saturated carbocycles. The number of anilines is 1. The molecule has 186 valence electrons. The van der Waals surface area contributed by atoms with Crippen LogP contribution in [-0.4, -0.2) is 64.2 Å². The summed E-state index contributed by atoms with van der Waals surface area (Å²) < 4.78 is 56.0. The number of piperidine rings is 1. The molecule has 1 atom stereocenters. The Morgan fingerprint density at radius 1 is 0.794 bits per heavy atom. The first kappa shape index (κ1) is 25.2. The molecule has 0 aliphatic carbocycles. The fourth-order valence-corrected chi connectivity index (χ4v) is 8.20. The van der Waals surface area contributed by atoms with E-state index in [2.05, 4.69) is 30.9 Å². The second-order valence-electron chi connectivity index (χ2n) is 9.26. The standard InChI is InChI=1S/C25H35N3O4S2/c1-4-22-9-5-6-15-28(22)34(31,32)24-13-11-23(12-14-24)33(29,30)27-18-16-26(17-19-27)25-10-7-8-20(2)21(25)3/h7-8,10-14,22H,4-6,9,15-19H2,1-3H3. The highest BCUT2D eigenvalue weighted by molar-refractivity contribution is 7.89. The van der Waals surface area contributed by atoms with Gasteiger partial charge >= 0.3 is 0 Å². The van der Waals surface area contributed by atoms with Crippen LogP contribution >= 0.6 is 0 Å². The Morgan fingerprint density at radius 3 is 2.03 bits per heavy atom. The summed E-state index contributed by atoms with van der Waals surface area (Å²) in [4.78, 5) is 2.52. The predicted octanol–water partition coefficient (Wildman–Crippen LogP) is 3.77. The van der Waals surface area contributed by atoms with Gasteiger partial charge in [-0.15, -0.1) is 0 Å². The van der Waals surface area contributed by atoms with E-state index in [0.717, 1.165) is 31.4 Å². The predicted molar refractivity (Wildman–Crippen MR) is 135 cm³/mol. The summed E-state index contributed by atoms with van der Waals surface area (Å²) in [5, 5.41) is 0. The number of rotatable bonds is 6. The molecule has 2 fully saturated rings. The van der Waals surface area contributed by atoms with Crippen LogP contribution in [0.3, 0.4) is 0 Å². The van der Waals surface area contributed by atoms with E-state index in [4.69, 9.17) is 0 Å². The Hall–Kier alpha value is -1.94. The smallest absolute Gasteiger partial charge is 0.243 e. The Bertz CT molecular complexity index is 1220. The fraction of sp³-hybridized carbons (Fsp3) is 0.520. The van der Waals surface area contributed by atoms with Gasteiger partial charge in [-0.05, 0) is 74.6 Å². The van der Waals surface area contributed by atoms with Crippen molar-refractivity contribution in [3.63, 3.8) is 0 Å². The highest BCUT2D eigenvalue weighted by atomic mass is 32.2. The first-order chi connectivity index (χ1) is 16.2. The average Bonchev–Trinajstić information content (AvgIpc) is 2.86. The van der Waals surface area contributed by atoms with Crippen molar-refractivity contribution in [2.75, 3.05) is 37.6 Å². The van der Waals surface area contributed by atoms with Gasteiger partial charge in [0.2, 0.25) is 20.0 Å². The van der Waals surface area contributed by atoms with E-state index in [1.165, 1.54) is 39.7 Å². The van der Waals surface area contributed by atoms with E-state index in [0.29, 0.717) is 32.7 Å². The Kier molecular flexibility index (Phi) is 7.38. The van der Waals surface area contributed by atoms with Crippen molar-refractivity contribution in [1.82, 2.24) is 8.61 Å². The molecule has 9 heteroatoms. The first-order valence-electron chi connectivity index (χ1n) is 12.1. The van der Waals surface area contributed by atoms with Gasteiger partial charge in [-0.2, -0.15) is 8.61 Å². The van der Waals surface area contributed by atoms with Crippen LogP contribution in [0.1, 0.15) is 43.7 Å². The lowest BCUT2D eigenvalue weighted by atomic mass is 10.0. The number of sulfonamides is 2. The number of benzene rings is 2. The summed E-state index contributed by atoms with van der Waals surface area (Å²) in [7, 11) is -7.33. The van der Waals surface area contributed by atoms with Gasteiger partial charge in [0, 0.05) is 44.5 Å². The average molecular weight is 506 g/mol. The lowest BCUT2D eigenvalue weighted by Crippen LogP contribution is -2.48.